The quantitative estimate of drug-likeness (QED) is 0.477. The van der Waals surface area contributed by atoms with E-state index in [1.165, 1.54) is 42.6 Å². The summed E-state index contributed by atoms with van der Waals surface area (Å²) < 4.78 is 78.4. The summed E-state index contributed by atoms with van der Waals surface area (Å²) in [5.74, 6) is -1.000. The van der Waals surface area contributed by atoms with E-state index in [1.54, 1.807) is 0 Å². The summed E-state index contributed by atoms with van der Waals surface area (Å²) in [7, 11) is 0. The van der Waals surface area contributed by atoms with Gasteiger partial charge in [0.2, 0.25) is 0 Å². The zero-order chi connectivity index (χ0) is 22.6. The first-order valence-corrected chi connectivity index (χ1v) is 8.58. The average Bonchev–Trinajstić information content (AvgIpc) is 2.68. The van der Waals surface area contributed by atoms with Crippen LogP contribution in [0, 0.1) is 0 Å². The summed E-state index contributed by atoms with van der Waals surface area (Å²) in [6.07, 6.45) is -7.93. The minimum atomic E-state index is -4.83. The molecule has 2 aromatic carbocycles. The largest absolute Gasteiger partial charge is 0.573 e. The maximum atomic E-state index is 12.7. The Labute approximate surface area is 171 Å². The third kappa shape index (κ3) is 6.11. The zero-order valence-corrected chi connectivity index (χ0v) is 15.4. The number of nitrogens with one attached hydrogen (secondary N) is 2. The van der Waals surface area contributed by atoms with Gasteiger partial charge < -0.3 is 15.4 Å². The number of pyridine rings is 1. The molecule has 5 nitrogen and oxygen atoms in total. The Hall–Kier alpha value is -3.76. The molecule has 1 heterocycles. The van der Waals surface area contributed by atoms with Crippen molar-refractivity contribution in [2.45, 2.75) is 12.5 Å². The molecule has 0 aliphatic heterocycles. The van der Waals surface area contributed by atoms with E-state index < -0.39 is 29.8 Å². The predicted molar refractivity (Wildman–Crippen MR) is 100 cm³/mol. The molecule has 1 amide bonds. The highest BCUT2D eigenvalue weighted by Gasteiger charge is 2.31. The fourth-order valence-corrected chi connectivity index (χ4v) is 2.51. The molecule has 0 aliphatic rings. The molecule has 0 aliphatic carbocycles. The van der Waals surface area contributed by atoms with Gasteiger partial charge in [-0.05, 0) is 60.7 Å². The van der Waals surface area contributed by atoms with Gasteiger partial charge in [-0.1, -0.05) is 0 Å². The van der Waals surface area contributed by atoms with Crippen LogP contribution >= 0.6 is 0 Å². The first-order valence-electron chi connectivity index (χ1n) is 8.58. The van der Waals surface area contributed by atoms with Crippen LogP contribution in [-0.2, 0) is 6.18 Å². The second-order valence-electron chi connectivity index (χ2n) is 6.13. The standard InChI is InChI=1S/C20H13F6N3O2/c21-19(22,23)12-3-5-13(6-4-12)28-17-16(2-1-11-27-17)18(30)29-14-7-9-15(10-8-14)31-20(24,25)26/h1-11H,(H,27,28)(H,29,30). The second-order valence-corrected chi connectivity index (χ2v) is 6.13. The SMILES string of the molecule is O=C(Nc1ccc(OC(F)(F)F)cc1)c1cccnc1Nc1ccc(C(F)(F)F)cc1. The molecule has 3 rings (SSSR count). The molecule has 0 bridgehead atoms. The number of carbonyl (C=O) groups is 1. The van der Waals surface area contributed by atoms with E-state index in [4.69, 9.17) is 0 Å². The number of carbonyl (C=O) groups excluding carboxylic acids is 1. The number of benzene rings is 2. The van der Waals surface area contributed by atoms with Crippen LogP contribution in [0.15, 0.2) is 66.9 Å². The Morgan fingerprint density at radius 1 is 0.839 bits per heavy atom. The number of rotatable bonds is 5. The van der Waals surface area contributed by atoms with E-state index in [0.717, 1.165) is 24.3 Å². The molecular formula is C20H13F6N3O2. The van der Waals surface area contributed by atoms with E-state index in [2.05, 4.69) is 20.4 Å². The monoisotopic (exact) mass is 441 g/mol. The van der Waals surface area contributed by atoms with Crippen molar-refractivity contribution in [1.29, 1.82) is 0 Å². The Morgan fingerprint density at radius 3 is 2.03 bits per heavy atom. The van der Waals surface area contributed by atoms with Crippen molar-refractivity contribution in [1.82, 2.24) is 4.98 Å². The molecule has 0 saturated heterocycles. The molecule has 0 saturated carbocycles. The predicted octanol–water partition coefficient (Wildman–Crippen LogP) is 5.99. The highest BCUT2D eigenvalue weighted by molar-refractivity contribution is 6.07. The van der Waals surface area contributed by atoms with E-state index in [0.29, 0.717) is 0 Å². The van der Waals surface area contributed by atoms with Crippen molar-refractivity contribution in [3.05, 3.63) is 78.0 Å². The second kappa shape index (κ2) is 8.54. The molecule has 0 unspecified atom stereocenters. The molecule has 3 aromatic rings. The first kappa shape index (κ1) is 21.9. The number of ether oxygens (including phenoxy) is 1. The van der Waals surface area contributed by atoms with Crippen LogP contribution in [0.25, 0.3) is 0 Å². The van der Waals surface area contributed by atoms with Crippen molar-refractivity contribution < 1.29 is 35.9 Å². The van der Waals surface area contributed by atoms with Gasteiger partial charge in [0.05, 0.1) is 11.1 Å². The molecule has 0 atom stereocenters. The normalized spacial score (nSPS) is 11.7. The smallest absolute Gasteiger partial charge is 0.406 e. The maximum absolute atomic E-state index is 12.7. The molecule has 0 radical (unpaired) electrons. The average molecular weight is 441 g/mol. The summed E-state index contributed by atoms with van der Waals surface area (Å²) in [4.78, 5) is 16.6. The Morgan fingerprint density at radius 2 is 1.45 bits per heavy atom. The lowest BCUT2D eigenvalue weighted by atomic mass is 10.2. The highest BCUT2D eigenvalue weighted by atomic mass is 19.4. The lowest BCUT2D eigenvalue weighted by Crippen LogP contribution is -2.17. The fourth-order valence-electron chi connectivity index (χ4n) is 2.51. The van der Waals surface area contributed by atoms with Gasteiger partial charge in [-0.3, -0.25) is 4.79 Å². The van der Waals surface area contributed by atoms with Gasteiger partial charge in [0.1, 0.15) is 11.6 Å². The van der Waals surface area contributed by atoms with Gasteiger partial charge in [0.15, 0.2) is 0 Å². The van der Waals surface area contributed by atoms with Crippen molar-refractivity contribution in [3.63, 3.8) is 0 Å². The van der Waals surface area contributed by atoms with Crippen molar-refractivity contribution in [2.24, 2.45) is 0 Å². The summed E-state index contributed by atoms with van der Waals surface area (Å²) in [5.41, 5.74) is -0.286. The summed E-state index contributed by atoms with van der Waals surface area (Å²) in [5, 5.41) is 5.27. The summed E-state index contributed by atoms with van der Waals surface area (Å²) in [6, 6.07) is 11.6. The number of anilines is 3. The minimum absolute atomic E-state index is 0.0676. The van der Waals surface area contributed by atoms with Gasteiger partial charge in [-0.25, -0.2) is 4.98 Å². The highest BCUT2D eigenvalue weighted by Crippen LogP contribution is 2.30. The number of amides is 1. The molecule has 0 fully saturated rings. The van der Waals surface area contributed by atoms with Crippen LogP contribution in [0.3, 0.4) is 0 Å². The number of alkyl halides is 6. The van der Waals surface area contributed by atoms with Gasteiger partial charge in [-0.2, -0.15) is 13.2 Å². The molecule has 2 N–H and O–H groups in total. The third-order valence-corrected chi connectivity index (χ3v) is 3.87. The molecule has 31 heavy (non-hydrogen) atoms. The number of aromatic nitrogens is 1. The van der Waals surface area contributed by atoms with Crippen LogP contribution < -0.4 is 15.4 Å². The topological polar surface area (TPSA) is 63.2 Å². The molecule has 1 aromatic heterocycles. The molecule has 0 spiro atoms. The maximum Gasteiger partial charge on any atom is 0.573 e. The first-order chi connectivity index (χ1) is 14.5. The van der Waals surface area contributed by atoms with Crippen LogP contribution in [0.4, 0.5) is 43.5 Å². The van der Waals surface area contributed by atoms with Crippen LogP contribution in [0.1, 0.15) is 15.9 Å². The van der Waals surface area contributed by atoms with Gasteiger partial charge in [0, 0.05) is 17.6 Å². The van der Waals surface area contributed by atoms with Crippen LogP contribution in [0.2, 0.25) is 0 Å². The third-order valence-electron chi connectivity index (χ3n) is 3.87. The van der Waals surface area contributed by atoms with Gasteiger partial charge in [0.25, 0.3) is 5.91 Å². The van der Waals surface area contributed by atoms with Gasteiger partial charge in [-0.15, -0.1) is 13.2 Å². The van der Waals surface area contributed by atoms with Crippen LogP contribution in [0.5, 0.6) is 5.75 Å². The Bertz CT molecular complexity index is 1050. The Kier molecular flexibility index (Phi) is 6.04. The lowest BCUT2D eigenvalue weighted by Gasteiger charge is -2.13. The van der Waals surface area contributed by atoms with E-state index >= 15 is 0 Å². The van der Waals surface area contributed by atoms with Crippen molar-refractivity contribution >= 4 is 23.1 Å². The minimum Gasteiger partial charge on any atom is -0.406 e. The Balaban J connectivity index is 1.73. The van der Waals surface area contributed by atoms with Crippen LogP contribution in [-0.4, -0.2) is 17.3 Å². The summed E-state index contributed by atoms with van der Waals surface area (Å²) >= 11 is 0. The molecule has 162 valence electrons. The van der Waals surface area contributed by atoms with Crippen molar-refractivity contribution in [2.75, 3.05) is 10.6 Å². The van der Waals surface area contributed by atoms with E-state index in [-0.39, 0.29) is 22.8 Å². The van der Waals surface area contributed by atoms with Gasteiger partial charge >= 0.3 is 12.5 Å². The number of nitrogens with zero attached hydrogens (tertiary/aromatic N) is 1. The fraction of sp³-hybridized carbons (Fsp3) is 0.100. The number of hydrogen-bond acceptors (Lipinski definition) is 4. The molecule has 11 heteroatoms. The lowest BCUT2D eigenvalue weighted by molar-refractivity contribution is -0.274. The number of hydrogen-bond donors (Lipinski definition) is 2. The number of halogens is 6. The molecular weight excluding hydrogens is 428 g/mol. The van der Waals surface area contributed by atoms with E-state index in [9.17, 15) is 31.1 Å². The zero-order valence-electron chi connectivity index (χ0n) is 15.4. The van der Waals surface area contributed by atoms with Crippen molar-refractivity contribution in [3.8, 4) is 5.75 Å². The summed E-state index contributed by atoms with van der Waals surface area (Å²) in [6.45, 7) is 0. The van der Waals surface area contributed by atoms with E-state index in [1.807, 2.05) is 0 Å².